The highest BCUT2D eigenvalue weighted by atomic mass is 16.5. The number of hydrogen-bond acceptors (Lipinski definition) is 2. The summed E-state index contributed by atoms with van der Waals surface area (Å²) in [6, 6.07) is 8.85. The summed E-state index contributed by atoms with van der Waals surface area (Å²) in [5, 5.41) is 0. The smallest absolute Gasteiger partial charge is 0.308 e. The van der Waals surface area contributed by atoms with Crippen molar-refractivity contribution in [2.24, 2.45) is 11.8 Å². The van der Waals surface area contributed by atoms with Gasteiger partial charge >= 0.3 is 5.97 Å². The molecular formula is C16H22O2. The molecule has 98 valence electrons. The maximum absolute atomic E-state index is 11.4. The summed E-state index contributed by atoms with van der Waals surface area (Å²) in [6.45, 7) is 4.41. The minimum absolute atomic E-state index is 0.0338. The maximum atomic E-state index is 11.4. The van der Waals surface area contributed by atoms with Crippen LogP contribution in [0.4, 0.5) is 0 Å². The molecule has 0 radical (unpaired) electrons. The van der Waals surface area contributed by atoms with Crippen LogP contribution in [-0.4, -0.2) is 13.1 Å². The van der Waals surface area contributed by atoms with Crippen molar-refractivity contribution >= 4 is 5.97 Å². The summed E-state index contributed by atoms with van der Waals surface area (Å²) in [5.41, 5.74) is 2.76. The van der Waals surface area contributed by atoms with E-state index in [1.807, 2.05) is 0 Å². The lowest BCUT2D eigenvalue weighted by atomic mass is 9.94. The summed E-state index contributed by atoms with van der Waals surface area (Å²) in [5.74, 6) is 1.18. The van der Waals surface area contributed by atoms with Crippen LogP contribution in [0.2, 0.25) is 0 Å². The van der Waals surface area contributed by atoms with Gasteiger partial charge in [-0.1, -0.05) is 38.1 Å². The molecule has 0 bridgehead atoms. The maximum Gasteiger partial charge on any atom is 0.308 e. The minimum atomic E-state index is -0.0338. The average molecular weight is 246 g/mol. The molecule has 18 heavy (non-hydrogen) atoms. The second-order valence-corrected chi connectivity index (χ2v) is 5.36. The van der Waals surface area contributed by atoms with Gasteiger partial charge in [-0.15, -0.1) is 0 Å². The van der Waals surface area contributed by atoms with Crippen LogP contribution in [0, 0.1) is 11.8 Å². The van der Waals surface area contributed by atoms with Crippen LogP contribution < -0.4 is 0 Å². The van der Waals surface area contributed by atoms with Crippen molar-refractivity contribution in [2.75, 3.05) is 7.11 Å². The van der Waals surface area contributed by atoms with Crippen LogP contribution in [-0.2, 0) is 16.0 Å². The Morgan fingerprint density at radius 1 is 1.39 bits per heavy atom. The number of carbonyl (C=O) groups is 1. The van der Waals surface area contributed by atoms with Gasteiger partial charge in [-0.05, 0) is 42.2 Å². The fraction of sp³-hybridized carbons (Fsp3) is 0.562. The lowest BCUT2D eigenvalue weighted by Crippen LogP contribution is -2.05. The van der Waals surface area contributed by atoms with Crippen molar-refractivity contribution in [1.82, 2.24) is 0 Å². The molecule has 1 aliphatic rings. The van der Waals surface area contributed by atoms with E-state index in [9.17, 15) is 4.79 Å². The van der Waals surface area contributed by atoms with Gasteiger partial charge in [-0.2, -0.15) is 0 Å². The summed E-state index contributed by atoms with van der Waals surface area (Å²) in [6.07, 6.45) is 3.18. The number of benzene rings is 1. The Bertz CT molecular complexity index is 408. The highest BCUT2D eigenvalue weighted by molar-refractivity contribution is 5.75. The lowest BCUT2D eigenvalue weighted by Gasteiger charge is -2.12. The molecule has 0 aromatic heterocycles. The van der Waals surface area contributed by atoms with Gasteiger partial charge in [-0.3, -0.25) is 4.79 Å². The van der Waals surface area contributed by atoms with Gasteiger partial charge in [0, 0.05) is 0 Å². The minimum Gasteiger partial charge on any atom is -0.469 e. The van der Waals surface area contributed by atoms with Gasteiger partial charge in [0.1, 0.15) is 0 Å². The van der Waals surface area contributed by atoms with Gasteiger partial charge in [0.25, 0.3) is 0 Å². The number of ether oxygens (including phenoxy) is 1. The monoisotopic (exact) mass is 246 g/mol. The van der Waals surface area contributed by atoms with E-state index in [0.29, 0.717) is 11.8 Å². The largest absolute Gasteiger partial charge is 0.469 e. The molecule has 1 saturated carbocycles. The van der Waals surface area contributed by atoms with Crippen molar-refractivity contribution in [2.45, 2.75) is 39.0 Å². The Morgan fingerprint density at radius 2 is 2.06 bits per heavy atom. The standard InChI is InChI=1S/C16H22O2/c1-4-12-5-7-13(8-6-12)11(2)9-14-10-15(14)16(17)18-3/h5-8,11,14-15H,4,9-10H2,1-3H3. The van der Waals surface area contributed by atoms with Crippen LogP contribution in [0.25, 0.3) is 0 Å². The molecule has 1 aliphatic carbocycles. The van der Waals surface area contributed by atoms with E-state index in [0.717, 1.165) is 19.3 Å². The number of carbonyl (C=O) groups excluding carboxylic acids is 1. The predicted molar refractivity (Wildman–Crippen MR) is 72.5 cm³/mol. The quantitative estimate of drug-likeness (QED) is 0.743. The normalized spacial score (nSPS) is 23.5. The fourth-order valence-electron chi connectivity index (χ4n) is 2.62. The zero-order valence-electron chi connectivity index (χ0n) is 11.5. The number of methoxy groups -OCH3 is 1. The Labute approximate surface area is 109 Å². The van der Waals surface area contributed by atoms with Crippen molar-refractivity contribution in [3.05, 3.63) is 35.4 Å². The van der Waals surface area contributed by atoms with Crippen molar-refractivity contribution in [1.29, 1.82) is 0 Å². The summed E-state index contributed by atoms with van der Waals surface area (Å²) in [7, 11) is 1.48. The second kappa shape index (κ2) is 5.55. The molecule has 0 saturated heterocycles. The van der Waals surface area contributed by atoms with Crippen LogP contribution in [0.5, 0.6) is 0 Å². The highest BCUT2D eigenvalue weighted by Crippen LogP contribution is 2.45. The first kappa shape index (κ1) is 13.1. The van der Waals surface area contributed by atoms with E-state index >= 15 is 0 Å². The molecular weight excluding hydrogens is 224 g/mol. The van der Waals surface area contributed by atoms with Crippen molar-refractivity contribution in [3.63, 3.8) is 0 Å². The van der Waals surface area contributed by atoms with Crippen LogP contribution in [0.15, 0.2) is 24.3 Å². The molecule has 1 aromatic carbocycles. The molecule has 0 N–H and O–H groups in total. The first-order chi connectivity index (χ1) is 8.65. The molecule has 2 nitrogen and oxygen atoms in total. The number of aryl methyl sites for hydroxylation is 1. The van der Waals surface area contributed by atoms with Gasteiger partial charge in [0.2, 0.25) is 0 Å². The van der Waals surface area contributed by atoms with E-state index < -0.39 is 0 Å². The second-order valence-electron chi connectivity index (χ2n) is 5.36. The fourth-order valence-corrected chi connectivity index (χ4v) is 2.62. The molecule has 3 unspecified atom stereocenters. The topological polar surface area (TPSA) is 26.3 Å². The van der Waals surface area contributed by atoms with E-state index in [1.165, 1.54) is 18.2 Å². The van der Waals surface area contributed by atoms with Crippen LogP contribution >= 0.6 is 0 Å². The van der Waals surface area contributed by atoms with Gasteiger partial charge in [0.05, 0.1) is 13.0 Å². The van der Waals surface area contributed by atoms with E-state index in [2.05, 4.69) is 38.1 Å². The average Bonchev–Trinajstić information content (AvgIpc) is 3.17. The molecule has 1 fully saturated rings. The summed E-state index contributed by atoms with van der Waals surface area (Å²) < 4.78 is 4.78. The van der Waals surface area contributed by atoms with Crippen LogP contribution in [0.3, 0.4) is 0 Å². The molecule has 2 rings (SSSR count). The first-order valence-electron chi connectivity index (χ1n) is 6.82. The third kappa shape index (κ3) is 2.92. The molecule has 0 amide bonds. The third-order valence-corrected chi connectivity index (χ3v) is 4.04. The lowest BCUT2D eigenvalue weighted by molar-refractivity contribution is -0.142. The van der Waals surface area contributed by atoms with Crippen molar-refractivity contribution < 1.29 is 9.53 Å². The van der Waals surface area contributed by atoms with Gasteiger partial charge in [0.15, 0.2) is 0 Å². The zero-order valence-corrected chi connectivity index (χ0v) is 11.5. The first-order valence-corrected chi connectivity index (χ1v) is 6.82. The Hall–Kier alpha value is -1.31. The van der Waals surface area contributed by atoms with E-state index in [-0.39, 0.29) is 11.9 Å². The number of hydrogen-bond donors (Lipinski definition) is 0. The third-order valence-electron chi connectivity index (χ3n) is 4.04. The SMILES string of the molecule is CCc1ccc(C(C)CC2CC2C(=O)OC)cc1. The molecule has 3 atom stereocenters. The molecule has 0 spiro atoms. The molecule has 2 heteroatoms. The van der Waals surface area contributed by atoms with Crippen molar-refractivity contribution in [3.8, 4) is 0 Å². The Balaban J connectivity index is 1.88. The zero-order chi connectivity index (χ0) is 13.1. The number of esters is 1. The highest BCUT2D eigenvalue weighted by Gasteiger charge is 2.44. The van der Waals surface area contributed by atoms with E-state index in [4.69, 9.17) is 4.74 Å². The van der Waals surface area contributed by atoms with E-state index in [1.54, 1.807) is 0 Å². The number of rotatable bonds is 5. The summed E-state index contributed by atoms with van der Waals surface area (Å²) in [4.78, 5) is 11.4. The molecule has 0 aliphatic heterocycles. The summed E-state index contributed by atoms with van der Waals surface area (Å²) >= 11 is 0. The predicted octanol–water partition coefficient (Wildman–Crippen LogP) is 3.55. The molecule has 0 heterocycles. The van der Waals surface area contributed by atoms with Gasteiger partial charge < -0.3 is 4.74 Å². The Morgan fingerprint density at radius 3 is 2.61 bits per heavy atom. The Kier molecular flexibility index (Phi) is 4.05. The molecule has 1 aromatic rings. The van der Waals surface area contributed by atoms with Gasteiger partial charge in [-0.25, -0.2) is 0 Å². The van der Waals surface area contributed by atoms with Crippen LogP contribution in [0.1, 0.15) is 43.7 Å².